The molecule has 1 saturated carbocycles. The third-order valence-corrected chi connectivity index (χ3v) is 4.96. The summed E-state index contributed by atoms with van der Waals surface area (Å²) >= 11 is 0. The second kappa shape index (κ2) is 5.26. The quantitative estimate of drug-likeness (QED) is 0.618. The molecule has 1 aliphatic carbocycles. The maximum atomic E-state index is 12.8. The molecule has 2 aliphatic rings. The normalized spacial score (nSPS) is 29.2. The van der Waals surface area contributed by atoms with Gasteiger partial charge in [0.05, 0.1) is 5.41 Å². The number of ketones is 1. The molecule has 0 spiro atoms. The molecule has 2 fully saturated rings. The first kappa shape index (κ1) is 14.3. The van der Waals surface area contributed by atoms with Crippen molar-refractivity contribution in [1.29, 1.82) is 0 Å². The van der Waals surface area contributed by atoms with Gasteiger partial charge in [-0.25, -0.2) is 0 Å². The third-order valence-electron chi connectivity index (χ3n) is 4.96. The second-order valence-corrected chi connectivity index (χ2v) is 6.12. The zero-order valence-corrected chi connectivity index (χ0v) is 12.6. The van der Waals surface area contributed by atoms with Crippen molar-refractivity contribution in [1.82, 2.24) is 4.90 Å². The first-order chi connectivity index (χ1) is 10.1. The summed E-state index contributed by atoms with van der Waals surface area (Å²) in [6.07, 6.45) is 3.41. The van der Waals surface area contributed by atoms with E-state index in [1.165, 1.54) is 6.92 Å². The van der Waals surface area contributed by atoms with Gasteiger partial charge in [0, 0.05) is 24.9 Å². The summed E-state index contributed by atoms with van der Waals surface area (Å²) in [4.78, 5) is 26.5. The SMILES string of the molecule is CC(=O)Oc1ccccc1[C@]12CCN(C)[C@H]1CCCC2=O. The highest BCUT2D eigenvalue weighted by atomic mass is 16.5. The van der Waals surface area contributed by atoms with E-state index >= 15 is 0 Å². The van der Waals surface area contributed by atoms with Gasteiger partial charge >= 0.3 is 5.97 Å². The van der Waals surface area contributed by atoms with Crippen molar-refractivity contribution in [3.05, 3.63) is 29.8 Å². The number of nitrogens with zero attached hydrogens (tertiary/aromatic N) is 1. The van der Waals surface area contributed by atoms with Crippen molar-refractivity contribution < 1.29 is 14.3 Å². The molecule has 112 valence electrons. The number of likely N-dealkylation sites (tertiary alicyclic amines) is 1. The Morgan fingerprint density at radius 1 is 1.38 bits per heavy atom. The van der Waals surface area contributed by atoms with Crippen LogP contribution in [0.15, 0.2) is 24.3 Å². The molecule has 0 unspecified atom stereocenters. The number of esters is 1. The van der Waals surface area contributed by atoms with Crippen LogP contribution in [-0.2, 0) is 15.0 Å². The van der Waals surface area contributed by atoms with Crippen LogP contribution in [-0.4, -0.2) is 36.3 Å². The van der Waals surface area contributed by atoms with Crippen LogP contribution in [0.1, 0.15) is 38.2 Å². The number of Topliss-reactive ketones (excluding diaryl/α,β-unsaturated/α-hetero) is 1. The zero-order valence-electron chi connectivity index (χ0n) is 12.6. The van der Waals surface area contributed by atoms with Gasteiger partial charge in [-0.05, 0) is 38.9 Å². The smallest absolute Gasteiger partial charge is 0.308 e. The molecule has 0 bridgehead atoms. The summed E-state index contributed by atoms with van der Waals surface area (Å²) in [6, 6.07) is 7.74. The minimum atomic E-state index is -0.501. The van der Waals surface area contributed by atoms with Gasteiger partial charge in [-0.3, -0.25) is 9.59 Å². The standard InChI is InChI=1S/C17H21NO3/c1-12(19)21-14-7-4-3-6-13(14)17-10-11-18(2)15(17)8-5-9-16(17)20/h3-4,6-7,15H,5,8-11H2,1-2H3/t15-,17+/m0/s1. The number of carbonyl (C=O) groups is 2. The van der Waals surface area contributed by atoms with E-state index in [0.29, 0.717) is 18.0 Å². The zero-order chi connectivity index (χ0) is 15.0. The van der Waals surface area contributed by atoms with Crippen molar-refractivity contribution in [2.75, 3.05) is 13.6 Å². The fraction of sp³-hybridized carbons (Fsp3) is 0.529. The molecule has 1 aliphatic heterocycles. The van der Waals surface area contributed by atoms with Crippen LogP contribution in [0.4, 0.5) is 0 Å². The highest BCUT2D eigenvalue weighted by Crippen LogP contribution is 2.49. The lowest BCUT2D eigenvalue weighted by atomic mass is 9.65. The van der Waals surface area contributed by atoms with E-state index in [-0.39, 0.29) is 12.0 Å². The van der Waals surface area contributed by atoms with E-state index in [2.05, 4.69) is 11.9 Å². The van der Waals surface area contributed by atoms with E-state index in [1.807, 2.05) is 18.2 Å². The Bertz CT molecular complexity index is 583. The molecule has 1 saturated heterocycles. The summed E-state index contributed by atoms with van der Waals surface area (Å²) in [5.74, 6) is 0.494. The summed E-state index contributed by atoms with van der Waals surface area (Å²) in [5, 5.41) is 0. The van der Waals surface area contributed by atoms with Crippen LogP contribution in [0.5, 0.6) is 5.75 Å². The molecular weight excluding hydrogens is 266 g/mol. The second-order valence-electron chi connectivity index (χ2n) is 6.12. The largest absolute Gasteiger partial charge is 0.426 e. The fourth-order valence-electron chi connectivity index (χ4n) is 4.07. The lowest BCUT2D eigenvalue weighted by molar-refractivity contribution is -0.132. The van der Waals surface area contributed by atoms with Gasteiger partial charge in [0.15, 0.2) is 0 Å². The molecular formula is C17H21NO3. The lowest BCUT2D eigenvalue weighted by Gasteiger charge is -2.40. The Hall–Kier alpha value is -1.68. The summed E-state index contributed by atoms with van der Waals surface area (Å²) < 4.78 is 5.38. The molecule has 0 radical (unpaired) electrons. The van der Waals surface area contributed by atoms with Crippen molar-refractivity contribution in [2.24, 2.45) is 0 Å². The third kappa shape index (κ3) is 2.18. The molecule has 4 heteroatoms. The fourth-order valence-corrected chi connectivity index (χ4v) is 4.07. The number of carbonyl (C=O) groups excluding carboxylic acids is 2. The van der Waals surface area contributed by atoms with Gasteiger partial charge in [0.1, 0.15) is 11.5 Å². The summed E-state index contributed by atoms with van der Waals surface area (Å²) in [7, 11) is 2.08. The van der Waals surface area contributed by atoms with E-state index in [1.54, 1.807) is 6.07 Å². The number of benzene rings is 1. The number of fused-ring (bicyclic) bond motifs is 1. The Morgan fingerprint density at radius 3 is 2.90 bits per heavy atom. The Labute approximate surface area is 125 Å². The molecule has 0 aromatic heterocycles. The molecule has 0 amide bonds. The molecule has 4 nitrogen and oxygen atoms in total. The van der Waals surface area contributed by atoms with Gasteiger partial charge in [-0.2, -0.15) is 0 Å². The number of hydrogen-bond donors (Lipinski definition) is 0. The van der Waals surface area contributed by atoms with E-state index < -0.39 is 5.41 Å². The number of likely N-dealkylation sites (N-methyl/N-ethyl adjacent to an activating group) is 1. The molecule has 0 N–H and O–H groups in total. The number of ether oxygens (including phenoxy) is 1. The van der Waals surface area contributed by atoms with E-state index in [9.17, 15) is 9.59 Å². The molecule has 3 rings (SSSR count). The van der Waals surface area contributed by atoms with Crippen LogP contribution >= 0.6 is 0 Å². The maximum Gasteiger partial charge on any atom is 0.308 e. The van der Waals surface area contributed by atoms with Crippen molar-refractivity contribution in [2.45, 2.75) is 44.1 Å². The Morgan fingerprint density at radius 2 is 2.14 bits per heavy atom. The van der Waals surface area contributed by atoms with Crippen LogP contribution in [0, 0.1) is 0 Å². The molecule has 1 heterocycles. The van der Waals surface area contributed by atoms with Crippen LogP contribution in [0.3, 0.4) is 0 Å². The van der Waals surface area contributed by atoms with Crippen molar-refractivity contribution in [3.63, 3.8) is 0 Å². The van der Waals surface area contributed by atoms with Crippen LogP contribution in [0.2, 0.25) is 0 Å². The lowest BCUT2D eigenvalue weighted by Crippen LogP contribution is -2.50. The molecule has 21 heavy (non-hydrogen) atoms. The molecule has 2 atom stereocenters. The van der Waals surface area contributed by atoms with E-state index in [0.717, 1.165) is 31.4 Å². The number of rotatable bonds is 2. The Balaban J connectivity index is 2.12. The predicted octanol–water partition coefficient (Wildman–Crippen LogP) is 2.31. The van der Waals surface area contributed by atoms with Gasteiger partial charge in [0.2, 0.25) is 0 Å². The van der Waals surface area contributed by atoms with Crippen LogP contribution in [0.25, 0.3) is 0 Å². The average Bonchev–Trinajstić information content (AvgIpc) is 2.79. The van der Waals surface area contributed by atoms with Crippen molar-refractivity contribution >= 4 is 11.8 Å². The first-order valence-corrected chi connectivity index (χ1v) is 7.57. The summed E-state index contributed by atoms with van der Waals surface area (Å²) in [6.45, 7) is 2.31. The monoisotopic (exact) mass is 287 g/mol. The van der Waals surface area contributed by atoms with Gasteiger partial charge < -0.3 is 9.64 Å². The number of para-hydroxylation sites is 1. The van der Waals surface area contributed by atoms with Crippen LogP contribution < -0.4 is 4.74 Å². The molecule has 1 aromatic carbocycles. The summed E-state index contributed by atoms with van der Waals surface area (Å²) in [5.41, 5.74) is 0.387. The average molecular weight is 287 g/mol. The first-order valence-electron chi connectivity index (χ1n) is 7.57. The number of hydrogen-bond acceptors (Lipinski definition) is 4. The minimum absolute atomic E-state index is 0.218. The Kier molecular flexibility index (Phi) is 3.57. The van der Waals surface area contributed by atoms with Crippen molar-refractivity contribution in [3.8, 4) is 5.75 Å². The highest BCUT2D eigenvalue weighted by Gasteiger charge is 2.54. The van der Waals surface area contributed by atoms with E-state index in [4.69, 9.17) is 4.74 Å². The van der Waals surface area contributed by atoms with Gasteiger partial charge in [-0.1, -0.05) is 18.2 Å². The maximum absolute atomic E-state index is 12.8. The van der Waals surface area contributed by atoms with Gasteiger partial charge in [0.25, 0.3) is 0 Å². The highest BCUT2D eigenvalue weighted by molar-refractivity contribution is 5.93. The minimum Gasteiger partial charge on any atom is -0.426 e. The topological polar surface area (TPSA) is 46.6 Å². The van der Waals surface area contributed by atoms with Gasteiger partial charge in [-0.15, -0.1) is 0 Å². The predicted molar refractivity (Wildman–Crippen MR) is 79.3 cm³/mol. The molecule has 1 aromatic rings.